The summed E-state index contributed by atoms with van der Waals surface area (Å²) in [5, 5.41) is 16.7. The van der Waals surface area contributed by atoms with Crippen LogP contribution in [0.15, 0.2) is 36.7 Å². The first-order valence-electron chi connectivity index (χ1n) is 10.4. The summed E-state index contributed by atoms with van der Waals surface area (Å²) in [5.74, 6) is 2.55. The summed E-state index contributed by atoms with van der Waals surface area (Å²) in [6.45, 7) is 6.51. The van der Waals surface area contributed by atoms with E-state index in [1.54, 1.807) is 12.1 Å². The van der Waals surface area contributed by atoms with Gasteiger partial charge in [-0.25, -0.2) is 4.39 Å². The van der Waals surface area contributed by atoms with E-state index in [-0.39, 0.29) is 18.2 Å². The van der Waals surface area contributed by atoms with Crippen molar-refractivity contribution < 1.29 is 4.39 Å². The van der Waals surface area contributed by atoms with Crippen molar-refractivity contribution >= 4 is 12.4 Å². The fourth-order valence-electron chi connectivity index (χ4n) is 4.38. The van der Waals surface area contributed by atoms with Crippen LogP contribution in [0.1, 0.15) is 41.5 Å². The standard InChI is InChI=1S/C21H26FN7.ClH/c22-19-3-1-16(2-4-19)14-28-15-17(11-24-28)13-27-8-5-18(6-9-27)21-26-25-20-12-23-7-10-29(20)21;/h1-4,11,15,18,23H,5-10,12-14H2;1H. The number of likely N-dealkylation sites (tertiary alicyclic amines) is 1. The van der Waals surface area contributed by atoms with Gasteiger partial charge in [0.2, 0.25) is 0 Å². The summed E-state index contributed by atoms with van der Waals surface area (Å²) in [6, 6.07) is 6.60. The molecular formula is C21H27ClFN7. The van der Waals surface area contributed by atoms with E-state index in [1.165, 1.54) is 23.5 Å². The summed E-state index contributed by atoms with van der Waals surface area (Å²) in [5.41, 5.74) is 2.27. The van der Waals surface area contributed by atoms with Crippen LogP contribution in [-0.2, 0) is 26.2 Å². The number of benzene rings is 1. The molecule has 30 heavy (non-hydrogen) atoms. The van der Waals surface area contributed by atoms with E-state index < -0.39 is 0 Å². The molecule has 0 saturated carbocycles. The number of piperidine rings is 1. The first kappa shape index (κ1) is 21.0. The van der Waals surface area contributed by atoms with Gasteiger partial charge in [-0.15, -0.1) is 22.6 Å². The Morgan fingerprint density at radius 3 is 2.60 bits per heavy atom. The van der Waals surface area contributed by atoms with E-state index in [0.717, 1.165) is 63.5 Å². The highest BCUT2D eigenvalue weighted by Crippen LogP contribution is 2.28. The second-order valence-corrected chi connectivity index (χ2v) is 8.03. The van der Waals surface area contributed by atoms with Crippen LogP contribution in [0, 0.1) is 5.82 Å². The second-order valence-electron chi connectivity index (χ2n) is 8.03. The van der Waals surface area contributed by atoms with Crippen LogP contribution in [0.2, 0.25) is 0 Å². The lowest BCUT2D eigenvalue weighted by molar-refractivity contribution is 0.199. The zero-order valence-electron chi connectivity index (χ0n) is 16.9. The zero-order chi connectivity index (χ0) is 19.6. The summed E-state index contributed by atoms with van der Waals surface area (Å²) in [4.78, 5) is 2.49. The minimum atomic E-state index is -0.207. The van der Waals surface area contributed by atoms with E-state index in [9.17, 15) is 4.39 Å². The van der Waals surface area contributed by atoms with Gasteiger partial charge in [0.05, 0.1) is 19.3 Å². The molecule has 1 saturated heterocycles. The molecule has 4 heterocycles. The van der Waals surface area contributed by atoms with Gasteiger partial charge >= 0.3 is 0 Å². The van der Waals surface area contributed by atoms with Crippen molar-refractivity contribution in [2.75, 3.05) is 19.6 Å². The Kier molecular flexibility index (Phi) is 6.46. The third-order valence-corrected chi connectivity index (χ3v) is 5.95. The number of aromatic nitrogens is 5. The van der Waals surface area contributed by atoms with Crippen LogP contribution in [0.3, 0.4) is 0 Å². The number of rotatable bonds is 5. The van der Waals surface area contributed by atoms with Crippen molar-refractivity contribution in [3.8, 4) is 0 Å². The largest absolute Gasteiger partial charge is 0.312 e. The molecule has 1 fully saturated rings. The van der Waals surface area contributed by atoms with Crippen LogP contribution in [0.5, 0.6) is 0 Å². The average molecular weight is 432 g/mol. The predicted octanol–water partition coefficient (Wildman–Crippen LogP) is 2.57. The maximum Gasteiger partial charge on any atom is 0.147 e. The molecule has 0 radical (unpaired) electrons. The predicted molar refractivity (Wildman–Crippen MR) is 114 cm³/mol. The molecule has 9 heteroatoms. The van der Waals surface area contributed by atoms with Gasteiger partial charge in [-0.1, -0.05) is 12.1 Å². The normalized spacial score (nSPS) is 17.5. The first-order valence-corrected chi connectivity index (χ1v) is 10.4. The Morgan fingerprint density at radius 1 is 1.00 bits per heavy atom. The monoisotopic (exact) mass is 431 g/mol. The van der Waals surface area contributed by atoms with Gasteiger partial charge < -0.3 is 9.88 Å². The number of nitrogens with zero attached hydrogens (tertiary/aromatic N) is 6. The van der Waals surface area contributed by atoms with Crippen LogP contribution < -0.4 is 5.32 Å². The Morgan fingerprint density at radius 2 is 1.80 bits per heavy atom. The Bertz CT molecular complexity index is 960. The van der Waals surface area contributed by atoms with E-state index in [2.05, 4.69) is 36.3 Å². The van der Waals surface area contributed by atoms with Gasteiger partial charge in [-0.2, -0.15) is 5.10 Å². The van der Waals surface area contributed by atoms with Crippen LogP contribution in [0.4, 0.5) is 4.39 Å². The highest BCUT2D eigenvalue weighted by Gasteiger charge is 2.27. The number of fused-ring (bicyclic) bond motifs is 1. The highest BCUT2D eigenvalue weighted by atomic mass is 35.5. The van der Waals surface area contributed by atoms with Gasteiger partial charge in [-0.3, -0.25) is 9.58 Å². The van der Waals surface area contributed by atoms with Crippen LogP contribution in [0.25, 0.3) is 0 Å². The summed E-state index contributed by atoms with van der Waals surface area (Å²) < 4.78 is 17.3. The molecule has 0 bridgehead atoms. The van der Waals surface area contributed by atoms with Gasteiger partial charge in [0, 0.05) is 37.3 Å². The Labute approximate surface area is 181 Å². The first-order chi connectivity index (χ1) is 14.2. The van der Waals surface area contributed by atoms with Crippen molar-refractivity contribution in [1.82, 2.24) is 34.8 Å². The van der Waals surface area contributed by atoms with Crippen molar-refractivity contribution in [2.24, 2.45) is 0 Å². The van der Waals surface area contributed by atoms with Crippen molar-refractivity contribution in [3.63, 3.8) is 0 Å². The van der Waals surface area contributed by atoms with Crippen molar-refractivity contribution in [2.45, 2.75) is 44.9 Å². The number of hydrogen-bond acceptors (Lipinski definition) is 5. The molecule has 7 nitrogen and oxygen atoms in total. The molecule has 3 aromatic rings. The Hall–Kier alpha value is -2.29. The van der Waals surface area contributed by atoms with E-state index >= 15 is 0 Å². The van der Waals surface area contributed by atoms with E-state index in [0.29, 0.717) is 12.5 Å². The second kappa shape index (κ2) is 9.24. The molecule has 2 aromatic heterocycles. The molecule has 5 rings (SSSR count). The zero-order valence-corrected chi connectivity index (χ0v) is 17.7. The number of hydrogen-bond donors (Lipinski definition) is 1. The lowest BCUT2D eigenvalue weighted by Crippen LogP contribution is -2.34. The minimum absolute atomic E-state index is 0. The molecule has 2 aliphatic rings. The molecular weight excluding hydrogens is 405 g/mol. The molecule has 160 valence electrons. The minimum Gasteiger partial charge on any atom is -0.312 e. The fraction of sp³-hybridized carbons (Fsp3) is 0.476. The maximum atomic E-state index is 13.1. The van der Waals surface area contributed by atoms with Crippen molar-refractivity contribution in [1.29, 1.82) is 0 Å². The van der Waals surface area contributed by atoms with Gasteiger partial charge in [0.1, 0.15) is 17.5 Å². The van der Waals surface area contributed by atoms with Gasteiger partial charge in [0.25, 0.3) is 0 Å². The Balaban J connectivity index is 0.00000218. The molecule has 0 unspecified atom stereocenters. The van der Waals surface area contributed by atoms with Gasteiger partial charge in [0.15, 0.2) is 0 Å². The summed E-state index contributed by atoms with van der Waals surface area (Å²) >= 11 is 0. The quantitative estimate of drug-likeness (QED) is 0.672. The average Bonchev–Trinajstić information content (AvgIpc) is 3.37. The maximum absolute atomic E-state index is 13.1. The smallest absolute Gasteiger partial charge is 0.147 e. The van der Waals surface area contributed by atoms with E-state index in [4.69, 9.17) is 0 Å². The molecule has 0 spiro atoms. The van der Waals surface area contributed by atoms with Crippen molar-refractivity contribution in [3.05, 3.63) is 65.3 Å². The highest BCUT2D eigenvalue weighted by molar-refractivity contribution is 5.85. The topological polar surface area (TPSA) is 63.8 Å². The molecule has 1 N–H and O–H groups in total. The SMILES string of the molecule is Cl.Fc1ccc(Cn2cc(CN3CCC(c4nnc5n4CCNC5)CC3)cn2)cc1. The van der Waals surface area contributed by atoms with Gasteiger partial charge in [-0.05, 0) is 43.6 Å². The molecule has 0 amide bonds. The van der Waals surface area contributed by atoms with E-state index in [1.807, 2.05) is 10.9 Å². The lowest BCUT2D eigenvalue weighted by atomic mass is 9.95. The van der Waals surface area contributed by atoms with Crippen LogP contribution >= 0.6 is 12.4 Å². The van der Waals surface area contributed by atoms with Crippen LogP contribution in [-0.4, -0.2) is 49.1 Å². The molecule has 1 aromatic carbocycles. The third kappa shape index (κ3) is 4.55. The molecule has 0 atom stereocenters. The summed E-state index contributed by atoms with van der Waals surface area (Å²) in [7, 11) is 0. The lowest BCUT2D eigenvalue weighted by Gasteiger charge is -2.31. The number of nitrogens with one attached hydrogen (secondary N) is 1. The summed E-state index contributed by atoms with van der Waals surface area (Å²) in [6.07, 6.45) is 6.28. The molecule has 0 aliphatic carbocycles. The number of halogens is 2. The fourth-order valence-corrected chi connectivity index (χ4v) is 4.38. The third-order valence-electron chi connectivity index (χ3n) is 5.95. The molecule has 2 aliphatic heterocycles.